The lowest BCUT2D eigenvalue weighted by molar-refractivity contribution is -0.180. The van der Waals surface area contributed by atoms with Gasteiger partial charge in [-0.25, -0.2) is 4.79 Å². The quantitative estimate of drug-likeness (QED) is 0.729. The fourth-order valence-corrected chi connectivity index (χ4v) is 0.853. The van der Waals surface area contributed by atoms with Crippen molar-refractivity contribution in [1.29, 1.82) is 0 Å². The average Bonchev–Trinajstić information content (AvgIpc) is 1.99. The van der Waals surface area contributed by atoms with Crippen LogP contribution in [0.5, 0.6) is 0 Å². The molecule has 1 N–H and O–H groups in total. The van der Waals surface area contributed by atoms with Crippen molar-refractivity contribution in [2.75, 3.05) is 6.61 Å². The topological polar surface area (TPSA) is 72.8 Å². The molecule has 0 aromatic heterocycles. The minimum atomic E-state index is -1.12. The second-order valence-electron chi connectivity index (χ2n) is 5.00. The van der Waals surface area contributed by atoms with Gasteiger partial charge < -0.3 is 14.6 Å². The molecule has 94 valence electrons. The van der Waals surface area contributed by atoms with Crippen molar-refractivity contribution in [1.82, 2.24) is 0 Å². The summed E-state index contributed by atoms with van der Waals surface area (Å²) in [5, 5.41) is 8.44. The third-order valence-electron chi connectivity index (χ3n) is 1.67. The Bertz CT molecular complexity index is 262. The highest BCUT2D eigenvalue weighted by Crippen LogP contribution is 2.17. The lowest BCUT2D eigenvalue weighted by Gasteiger charge is -2.28. The van der Waals surface area contributed by atoms with E-state index in [1.165, 1.54) is 0 Å². The van der Waals surface area contributed by atoms with Gasteiger partial charge in [0.1, 0.15) is 5.60 Å². The summed E-state index contributed by atoms with van der Waals surface area (Å²) in [6, 6.07) is 0. The summed E-state index contributed by atoms with van der Waals surface area (Å²) in [6.45, 7) is 8.39. The first kappa shape index (κ1) is 14.9. The lowest BCUT2D eigenvalue weighted by atomic mass is 10.1. The molecule has 0 aromatic rings. The van der Waals surface area contributed by atoms with Crippen LogP contribution in [-0.2, 0) is 19.1 Å². The van der Waals surface area contributed by atoms with Gasteiger partial charge in [0, 0.05) is 0 Å². The molecule has 0 heterocycles. The molecule has 0 atom stereocenters. The maximum atomic E-state index is 11.7. The molecule has 0 saturated heterocycles. The number of carboxylic acid groups (broad SMARTS) is 1. The molecule has 0 spiro atoms. The SMILES string of the molecule is CC(C)(C)OC(=O)C(C)(C)OCCC(=O)O. The fraction of sp³-hybridized carbons (Fsp3) is 0.818. The molecule has 0 unspecified atom stereocenters. The first-order valence-corrected chi connectivity index (χ1v) is 5.14. The van der Waals surface area contributed by atoms with Gasteiger partial charge in [-0.15, -0.1) is 0 Å². The number of hydrogen-bond donors (Lipinski definition) is 1. The Morgan fingerprint density at radius 3 is 2.00 bits per heavy atom. The van der Waals surface area contributed by atoms with Crippen LogP contribution < -0.4 is 0 Å². The molecule has 0 aliphatic heterocycles. The van der Waals surface area contributed by atoms with Crippen LogP contribution in [0.2, 0.25) is 0 Å². The number of carbonyl (C=O) groups excluding carboxylic acids is 1. The summed E-state index contributed by atoms with van der Waals surface area (Å²) in [7, 11) is 0. The van der Waals surface area contributed by atoms with Crippen LogP contribution in [0.4, 0.5) is 0 Å². The summed E-state index contributed by atoms with van der Waals surface area (Å²) >= 11 is 0. The molecule has 0 rings (SSSR count). The first-order valence-electron chi connectivity index (χ1n) is 5.14. The largest absolute Gasteiger partial charge is 0.481 e. The van der Waals surface area contributed by atoms with E-state index >= 15 is 0 Å². The highest BCUT2D eigenvalue weighted by molar-refractivity contribution is 5.79. The van der Waals surface area contributed by atoms with Crippen LogP contribution in [-0.4, -0.2) is 34.9 Å². The van der Waals surface area contributed by atoms with Crippen LogP contribution in [0.25, 0.3) is 0 Å². The molecular formula is C11H20O5. The summed E-state index contributed by atoms with van der Waals surface area (Å²) in [5.74, 6) is -1.45. The number of rotatable bonds is 5. The molecule has 5 nitrogen and oxygen atoms in total. The fourth-order valence-electron chi connectivity index (χ4n) is 0.853. The average molecular weight is 232 g/mol. The maximum absolute atomic E-state index is 11.7. The van der Waals surface area contributed by atoms with Crippen molar-refractivity contribution in [2.45, 2.75) is 52.2 Å². The molecule has 0 radical (unpaired) electrons. The van der Waals surface area contributed by atoms with E-state index in [4.69, 9.17) is 14.6 Å². The van der Waals surface area contributed by atoms with Crippen molar-refractivity contribution >= 4 is 11.9 Å². The molecule has 0 fully saturated rings. The van der Waals surface area contributed by atoms with Crippen LogP contribution in [0, 0.1) is 0 Å². The van der Waals surface area contributed by atoms with E-state index in [2.05, 4.69) is 0 Å². The second-order valence-corrected chi connectivity index (χ2v) is 5.00. The molecular weight excluding hydrogens is 212 g/mol. The van der Waals surface area contributed by atoms with E-state index < -0.39 is 23.1 Å². The van der Waals surface area contributed by atoms with E-state index in [0.717, 1.165) is 0 Å². The van der Waals surface area contributed by atoms with Gasteiger partial charge in [-0.2, -0.15) is 0 Å². The monoisotopic (exact) mass is 232 g/mol. The third kappa shape index (κ3) is 6.40. The zero-order valence-electron chi connectivity index (χ0n) is 10.5. The molecule has 16 heavy (non-hydrogen) atoms. The molecule has 0 aliphatic carbocycles. The second kappa shape index (κ2) is 5.30. The predicted octanol–water partition coefficient (Wildman–Crippen LogP) is 1.60. The Morgan fingerprint density at radius 2 is 1.62 bits per heavy atom. The number of carbonyl (C=O) groups is 2. The molecule has 0 amide bonds. The van der Waals surface area contributed by atoms with E-state index in [-0.39, 0.29) is 13.0 Å². The smallest absolute Gasteiger partial charge is 0.338 e. The van der Waals surface area contributed by atoms with E-state index in [1.54, 1.807) is 34.6 Å². The summed E-state index contributed by atoms with van der Waals surface area (Å²) in [4.78, 5) is 21.9. The number of carboxylic acids is 1. The van der Waals surface area contributed by atoms with Gasteiger partial charge in [-0.3, -0.25) is 4.79 Å². The van der Waals surface area contributed by atoms with Gasteiger partial charge in [0.2, 0.25) is 0 Å². The normalized spacial score (nSPS) is 12.3. The summed E-state index contributed by atoms with van der Waals surface area (Å²) in [6.07, 6.45) is -0.133. The number of esters is 1. The maximum Gasteiger partial charge on any atom is 0.338 e. The minimum Gasteiger partial charge on any atom is -0.481 e. The van der Waals surface area contributed by atoms with Crippen molar-refractivity contribution in [3.05, 3.63) is 0 Å². The molecule has 0 saturated carbocycles. The third-order valence-corrected chi connectivity index (χ3v) is 1.67. The van der Waals surface area contributed by atoms with Gasteiger partial charge in [-0.1, -0.05) is 0 Å². The van der Waals surface area contributed by atoms with Crippen molar-refractivity contribution in [3.8, 4) is 0 Å². The van der Waals surface area contributed by atoms with Gasteiger partial charge in [-0.05, 0) is 34.6 Å². The zero-order valence-corrected chi connectivity index (χ0v) is 10.5. The van der Waals surface area contributed by atoms with Crippen LogP contribution in [0.3, 0.4) is 0 Å². The molecule has 5 heteroatoms. The van der Waals surface area contributed by atoms with Crippen LogP contribution in [0.15, 0.2) is 0 Å². The van der Waals surface area contributed by atoms with Gasteiger partial charge in [0.05, 0.1) is 13.0 Å². The highest BCUT2D eigenvalue weighted by Gasteiger charge is 2.33. The van der Waals surface area contributed by atoms with Crippen molar-refractivity contribution in [3.63, 3.8) is 0 Å². The molecule has 0 aromatic carbocycles. The highest BCUT2D eigenvalue weighted by atomic mass is 16.6. The van der Waals surface area contributed by atoms with Crippen molar-refractivity contribution < 1.29 is 24.2 Å². The van der Waals surface area contributed by atoms with Crippen molar-refractivity contribution in [2.24, 2.45) is 0 Å². The Kier molecular flexibility index (Phi) is 4.93. The van der Waals surface area contributed by atoms with E-state index in [9.17, 15) is 9.59 Å². The Labute approximate surface area is 95.7 Å². The van der Waals surface area contributed by atoms with Gasteiger partial charge in [0.15, 0.2) is 5.60 Å². The number of ether oxygens (including phenoxy) is 2. The minimum absolute atomic E-state index is 0.0123. The Balaban J connectivity index is 4.21. The first-order chi connectivity index (χ1) is 7.04. The Hall–Kier alpha value is -1.10. The van der Waals surface area contributed by atoms with E-state index in [0.29, 0.717) is 0 Å². The van der Waals surface area contributed by atoms with Crippen LogP contribution >= 0.6 is 0 Å². The lowest BCUT2D eigenvalue weighted by Crippen LogP contribution is -2.41. The molecule has 0 bridgehead atoms. The van der Waals surface area contributed by atoms with Gasteiger partial charge in [0.25, 0.3) is 0 Å². The van der Waals surface area contributed by atoms with Gasteiger partial charge >= 0.3 is 11.9 Å². The Morgan fingerprint density at radius 1 is 1.12 bits per heavy atom. The van der Waals surface area contributed by atoms with Crippen LogP contribution in [0.1, 0.15) is 41.0 Å². The molecule has 0 aliphatic rings. The number of aliphatic carboxylic acids is 1. The van der Waals surface area contributed by atoms with E-state index in [1.807, 2.05) is 0 Å². The standard InChI is InChI=1S/C11H20O5/c1-10(2,3)16-9(14)11(4,5)15-7-6-8(12)13/h6-7H2,1-5H3,(H,12,13). The zero-order chi connectivity index (χ0) is 13.0. The summed E-state index contributed by atoms with van der Waals surface area (Å²) < 4.78 is 10.3. The predicted molar refractivity (Wildman–Crippen MR) is 58.1 cm³/mol. The number of hydrogen-bond acceptors (Lipinski definition) is 4. The summed E-state index contributed by atoms with van der Waals surface area (Å²) in [5.41, 5.74) is -1.70.